The van der Waals surface area contributed by atoms with Gasteiger partial charge >= 0.3 is 0 Å². The Labute approximate surface area is 138 Å². The highest BCUT2D eigenvalue weighted by Gasteiger charge is 2.12. The number of aliphatic hydroxyl groups is 1. The summed E-state index contributed by atoms with van der Waals surface area (Å²) in [6.45, 7) is 4.35. The predicted molar refractivity (Wildman–Crippen MR) is 91.8 cm³/mol. The SMILES string of the molecule is CCS(=O)(=O)c1ccc(C(C)NCc2ccccc2CO)cc1. The second-order valence-corrected chi connectivity index (χ2v) is 7.78. The van der Waals surface area contributed by atoms with Crippen molar-refractivity contribution >= 4 is 9.84 Å². The molecular formula is C18H23NO3S. The molecule has 0 saturated carbocycles. The van der Waals surface area contributed by atoms with Gasteiger partial charge in [-0.15, -0.1) is 0 Å². The summed E-state index contributed by atoms with van der Waals surface area (Å²) in [4.78, 5) is 0.363. The minimum Gasteiger partial charge on any atom is -0.392 e. The first-order valence-electron chi connectivity index (χ1n) is 7.71. The first kappa shape index (κ1) is 17.7. The van der Waals surface area contributed by atoms with E-state index in [2.05, 4.69) is 5.32 Å². The minimum atomic E-state index is -3.15. The monoisotopic (exact) mass is 333 g/mol. The highest BCUT2D eigenvalue weighted by Crippen LogP contribution is 2.18. The van der Waals surface area contributed by atoms with Gasteiger partial charge in [-0.2, -0.15) is 0 Å². The molecule has 0 aromatic heterocycles. The topological polar surface area (TPSA) is 66.4 Å². The Morgan fingerprint density at radius 3 is 2.22 bits per heavy atom. The molecule has 4 nitrogen and oxygen atoms in total. The molecule has 23 heavy (non-hydrogen) atoms. The van der Waals surface area contributed by atoms with Crippen LogP contribution in [0.25, 0.3) is 0 Å². The van der Waals surface area contributed by atoms with Crippen LogP contribution < -0.4 is 5.32 Å². The standard InChI is InChI=1S/C18H23NO3S/c1-3-23(21,22)18-10-8-15(9-11-18)14(2)19-12-16-6-4-5-7-17(16)13-20/h4-11,14,19-20H,3,12-13H2,1-2H3. The van der Waals surface area contributed by atoms with Gasteiger partial charge in [0.05, 0.1) is 17.3 Å². The zero-order valence-corrected chi connectivity index (χ0v) is 14.3. The van der Waals surface area contributed by atoms with Crippen LogP contribution in [0.4, 0.5) is 0 Å². The summed E-state index contributed by atoms with van der Waals surface area (Å²) >= 11 is 0. The van der Waals surface area contributed by atoms with Crippen LogP contribution in [-0.4, -0.2) is 19.3 Å². The number of nitrogens with one attached hydrogen (secondary N) is 1. The predicted octanol–water partition coefficient (Wildman–Crippen LogP) is 2.82. The van der Waals surface area contributed by atoms with Crippen LogP contribution in [0.2, 0.25) is 0 Å². The van der Waals surface area contributed by atoms with Gasteiger partial charge in [-0.05, 0) is 35.7 Å². The maximum atomic E-state index is 11.8. The molecule has 2 rings (SSSR count). The quantitative estimate of drug-likeness (QED) is 0.818. The van der Waals surface area contributed by atoms with Crippen LogP contribution in [0.3, 0.4) is 0 Å². The smallest absolute Gasteiger partial charge is 0.178 e. The lowest BCUT2D eigenvalue weighted by molar-refractivity contribution is 0.280. The van der Waals surface area contributed by atoms with Gasteiger partial charge < -0.3 is 10.4 Å². The highest BCUT2D eigenvalue weighted by atomic mass is 32.2. The van der Waals surface area contributed by atoms with Gasteiger partial charge in [0.25, 0.3) is 0 Å². The molecule has 124 valence electrons. The van der Waals surface area contributed by atoms with Crippen molar-refractivity contribution in [2.45, 2.75) is 37.9 Å². The minimum absolute atomic E-state index is 0.0236. The van der Waals surface area contributed by atoms with Crippen molar-refractivity contribution in [2.24, 2.45) is 0 Å². The zero-order valence-electron chi connectivity index (χ0n) is 13.5. The van der Waals surface area contributed by atoms with E-state index in [0.29, 0.717) is 11.4 Å². The number of sulfone groups is 1. The van der Waals surface area contributed by atoms with Crippen LogP contribution >= 0.6 is 0 Å². The third-order valence-electron chi connectivity index (χ3n) is 4.01. The van der Waals surface area contributed by atoms with E-state index in [9.17, 15) is 13.5 Å². The highest BCUT2D eigenvalue weighted by molar-refractivity contribution is 7.91. The Morgan fingerprint density at radius 1 is 1.04 bits per heavy atom. The van der Waals surface area contributed by atoms with Gasteiger partial charge in [0.2, 0.25) is 0 Å². The average molecular weight is 333 g/mol. The second kappa shape index (κ2) is 7.73. The van der Waals surface area contributed by atoms with E-state index in [1.807, 2.05) is 43.3 Å². The van der Waals surface area contributed by atoms with E-state index in [1.165, 1.54) is 0 Å². The van der Waals surface area contributed by atoms with E-state index >= 15 is 0 Å². The summed E-state index contributed by atoms with van der Waals surface area (Å²) < 4.78 is 23.6. The van der Waals surface area contributed by atoms with Crippen LogP contribution in [0.15, 0.2) is 53.4 Å². The van der Waals surface area contributed by atoms with E-state index in [4.69, 9.17) is 0 Å². The molecule has 0 amide bonds. The van der Waals surface area contributed by atoms with Crippen molar-refractivity contribution in [3.8, 4) is 0 Å². The summed E-state index contributed by atoms with van der Waals surface area (Å²) in [7, 11) is -3.15. The molecule has 0 aliphatic heterocycles. The van der Waals surface area contributed by atoms with Crippen molar-refractivity contribution in [3.63, 3.8) is 0 Å². The third kappa shape index (κ3) is 4.41. The molecule has 5 heteroatoms. The average Bonchev–Trinajstić information content (AvgIpc) is 2.60. The fourth-order valence-electron chi connectivity index (χ4n) is 2.40. The molecule has 2 N–H and O–H groups in total. The van der Waals surface area contributed by atoms with Gasteiger partial charge in [0.15, 0.2) is 9.84 Å². The number of aliphatic hydroxyl groups excluding tert-OH is 1. The maximum Gasteiger partial charge on any atom is 0.178 e. The molecule has 0 radical (unpaired) electrons. The molecule has 0 aliphatic rings. The van der Waals surface area contributed by atoms with E-state index in [1.54, 1.807) is 19.1 Å². The molecule has 0 bridgehead atoms. The summed E-state index contributed by atoms with van der Waals surface area (Å²) in [5.41, 5.74) is 3.00. The molecule has 0 spiro atoms. The van der Waals surface area contributed by atoms with Crippen LogP contribution in [0, 0.1) is 0 Å². The number of hydrogen-bond donors (Lipinski definition) is 2. The summed E-state index contributed by atoms with van der Waals surface area (Å²) in [5, 5.41) is 12.7. The molecule has 0 aliphatic carbocycles. The molecule has 0 saturated heterocycles. The second-order valence-electron chi connectivity index (χ2n) is 5.50. The third-order valence-corrected chi connectivity index (χ3v) is 5.76. The van der Waals surface area contributed by atoms with Gasteiger partial charge in [-0.1, -0.05) is 43.3 Å². The van der Waals surface area contributed by atoms with E-state index < -0.39 is 9.84 Å². The van der Waals surface area contributed by atoms with E-state index in [-0.39, 0.29) is 18.4 Å². The molecule has 1 atom stereocenters. The van der Waals surface area contributed by atoms with Crippen LogP contribution in [0.1, 0.15) is 36.6 Å². The van der Waals surface area contributed by atoms with Crippen molar-refractivity contribution in [1.29, 1.82) is 0 Å². The van der Waals surface area contributed by atoms with Crippen molar-refractivity contribution in [2.75, 3.05) is 5.75 Å². The molecule has 1 unspecified atom stereocenters. The normalized spacial score (nSPS) is 13.0. The number of rotatable bonds is 7. The molecule has 0 fully saturated rings. The fourth-order valence-corrected chi connectivity index (χ4v) is 3.28. The first-order chi connectivity index (χ1) is 11.0. The summed E-state index contributed by atoms with van der Waals surface area (Å²) in [6, 6.07) is 14.9. The molecule has 2 aromatic carbocycles. The van der Waals surface area contributed by atoms with Gasteiger partial charge in [-0.25, -0.2) is 8.42 Å². The Kier molecular flexibility index (Phi) is 5.93. The van der Waals surface area contributed by atoms with Crippen molar-refractivity contribution < 1.29 is 13.5 Å². The Bertz CT molecular complexity index is 739. The Balaban J connectivity index is 2.05. The van der Waals surface area contributed by atoms with Crippen LogP contribution in [-0.2, 0) is 23.0 Å². The fraction of sp³-hybridized carbons (Fsp3) is 0.333. The lowest BCUT2D eigenvalue weighted by Crippen LogP contribution is -2.19. The lowest BCUT2D eigenvalue weighted by Gasteiger charge is -2.16. The summed E-state index contributed by atoms with van der Waals surface area (Å²) in [5.74, 6) is 0.109. The van der Waals surface area contributed by atoms with Gasteiger partial charge in [0.1, 0.15) is 0 Å². The van der Waals surface area contributed by atoms with Gasteiger partial charge in [-0.3, -0.25) is 0 Å². The van der Waals surface area contributed by atoms with Crippen molar-refractivity contribution in [1.82, 2.24) is 5.32 Å². The Hall–Kier alpha value is -1.69. The Morgan fingerprint density at radius 2 is 1.65 bits per heavy atom. The number of benzene rings is 2. The molecule has 2 aromatic rings. The molecule has 0 heterocycles. The zero-order chi connectivity index (χ0) is 16.9. The first-order valence-corrected chi connectivity index (χ1v) is 9.37. The lowest BCUT2D eigenvalue weighted by atomic mass is 10.1. The molecular weight excluding hydrogens is 310 g/mol. The maximum absolute atomic E-state index is 11.8. The van der Waals surface area contributed by atoms with Crippen molar-refractivity contribution in [3.05, 3.63) is 65.2 Å². The van der Waals surface area contributed by atoms with Crippen LogP contribution in [0.5, 0.6) is 0 Å². The van der Waals surface area contributed by atoms with Gasteiger partial charge in [0, 0.05) is 12.6 Å². The van der Waals surface area contributed by atoms with E-state index in [0.717, 1.165) is 16.7 Å². The number of hydrogen-bond acceptors (Lipinski definition) is 4. The largest absolute Gasteiger partial charge is 0.392 e. The summed E-state index contributed by atoms with van der Waals surface area (Å²) in [6.07, 6.45) is 0.